The first-order chi connectivity index (χ1) is 5.99. The van der Waals surface area contributed by atoms with E-state index in [1.807, 2.05) is 0 Å². The highest BCUT2D eigenvalue weighted by molar-refractivity contribution is 5.35. The summed E-state index contributed by atoms with van der Waals surface area (Å²) in [6, 6.07) is 2.20. The summed E-state index contributed by atoms with van der Waals surface area (Å²) in [5.74, 6) is -1.64. The summed E-state index contributed by atoms with van der Waals surface area (Å²) in [6.07, 6.45) is -4.70. The fourth-order valence-corrected chi connectivity index (χ4v) is 0.814. The Morgan fingerprint density at radius 1 is 1.54 bits per heavy atom. The number of nitriles is 1. The lowest BCUT2D eigenvalue weighted by molar-refractivity contribution is -0.153. The molecule has 0 aromatic carbocycles. The van der Waals surface area contributed by atoms with Gasteiger partial charge in [-0.05, 0) is 0 Å². The molecular weight excluding hydrogens is 187 g/mol. The molecule has 0 aliphatic heterocycles. The Morgan fingerprint density at radius 2 is 2.15 bits per heavy atom. The fourth-order valence-electron chi connectivity index (χ4n) is 0.814. The van der Waals surface area contributed by atoms with Crippen LogP contribution in [-0.4, -0.2) is 5.11 Å². The average Bonchev–Trinajstić information content (AvgIpc) is 2.46. The van der Waals surface area contributed by atoms with Gasteiger partial charge in [-0.1, -0.05) is 0 Å². The van der Waals surface area contributed by atoms with Crippen LogP contribution in [-0.2, 0) is 12.8 Å². The molecule has 0 radical (unpaired) electrons. The van der Waals surface area contributed by atoms with Gasteiger partial charge in [0.25, 0.3) is 0 Å². The Kier molecular flexibility index (Phi) is 2.30. The first-order valence-corrected chi connectivity index (χ1v) is 3.20. The fraction of sp³-hybridized carbons (Fsp3) is 0.286. The van der Waals surface area contributed by atoms with E-state index in [9.17, 15) is 13.2 Å². The quantitative estimate of drug-likeness (QED) is 0.734. The lowest BCUT2D eigenvalue weighted by Gasteiger charge is -2.01. The number of hydrogen-bond acceptors (Lipinski definition) is 3. The zero-order valence-corrected chi connectivity index (χ0v) is 6.22. The molecule has 1 rings (SSSR count). The first kappa shape index (κ1) is 9.61. The molecular formula is C7H4F3NO2. The van der Waals surface area contributed by atoms with Gasteiger partial charge in [0.15, 0.2) is 0 Å². The molecule has 1 N–H and O–H groups in total. The van der Waals surface area contributed by atoms with Gasteiger partial charge in [0, 0.05) is 6.07 Å². The smallest absolute Gasteiger partial charge is 0.450 e. The normalized spacial score (nSPS) is 11.3. The number of nitrogens with zero attached hydrogens (tertiary/aromatic N) is 1. The van der Waals surface area contributed by atoms with Crippen LogP contribution in [0.4, 0.5) is 13.2 Å². The molecule has 0 fully saturated rings. The van der Waals surface area contributed by atoms with E-state index in [1.54, 1.807) is 0 Å². The van der Waals surface area contributed by atoms with Crippen molar-refractivity contribution in [3.63, 3.8) is 0 Å². The van der Waals surface area contributed by atoms with Gasteiger partial charge in [-0.2, -0.15) is 18.4 Å². The minimum absolute atomic E-state index is 0.274. The minimum Gasteiger partial charge on any atom is -0.453 e. The number of rotatable bonds is 1. The molecule has 0 unspecified atom stereocenters. The molecule has 0 saturated carbocycles. The molecule has 0 amide bonds. The maximum Gasteiger partial charge on any atom is 0.450 e. The summed E-state index contributed by atoms with van der Waals surface area (Å²) in [6.45, 7) is -0.662. The second-order valence-electron chi connectivity index (χ2n) is 2.22. The van der Waals surface area contributed by atoms with Crippen LogP contribution in [0.5, 0.6) is 0 Å². The summed E-state index contributed by atoms with van der Waals surface area (Å²) in [5, 5.41) is 16.8. The van der Waals surface area contributed by atoms with Crippen LogP contribution in [0.3, 0.4) is 0 Å². The highest BCUT2D eigenvalue weighted by Crippen LogP contribution is 2.33. The molecule has 1 aromatic heterocycles. The lowest BCUT2D eigenvalue weighted by atomic mass is 10.2. The molecule has 3 nitrogen and oxygen atoms in total. The highest BCUT2D eigenvalue weighted by atomic mass is 19.4. The zero-order valence-electron chi connectivity index (χ0n) is 6.22. The van der Waals surface area contributed by atoms with Gasteiger partial charge in [-0.15, -0.1) is 0 Å². The molecule has 0 bridgehead atoms. The molecule has 6 heteroatoms. The molecule has 1 heterocycles. The molecule has 0 spiro atoms. The predicted octanol–water partition coefficient (Wildman–Crippen LogP) is 1.66. The van der Waals surface area contributed by atoms with Gasteiger partial charge in [-0.3, -0.25) is 0 Å². The average molecular weight is 191 g/mol. The van der Waals surface area contributed by atoms with Gasteiger partial charge >= 0.3 is 6.18 Å². The largest absolute Gasteiger partial charge is 0.453 e. The Hall–Kier alpha value is -1.48. The maximum absolute atomic E-state index is 12.1. The second-order valence-corrected chi connectivity index (χ2v) is 2.22. The van der Waals surface area contributed by atoms with E-state index in [0.717, 1.165) is 6.07 Å². The number of furan rings is 1. The topological polar surface area (TPSA) is 57.2 Å². The van der Waals surface area contributed by atoms with Crippen molar-refractivity contribution in [1.29, 1.82) is 5.26 Å². The van der Waals surface area contributed by atoms with Gasteiger partial charge in [-0.25, -0.2) is 0 Å². The number of aliphatic hydroxyl groups excluding tert-OH is 1. The number of hydrogen-bond donors (Lipinski definition) is 1. The number of alkyl halides is 3. The Morgan fingerprint density at radius 3 is 2.46 bits per heavy atom. The van der Waals surface area contributed by atoms with Gasteiger partial charge in [0.2, 0.25) is 5.76 Å². The van der Waals surface area contributed by atoms with Crippen molar-refractivity contribution in [3.05, 3.63) is 23.2 Å². The summed E-state index contributed by atoms with van der Waals surface area (Å²) in [4.78, 5) is 0. The monoisotopic (exact) mass is 191 g/mol. The standard InChI is InChI=1S/C7H4F3NO2/c8-7(9,10)6-4(2-11)1-5(3-12)13-6/h1,12H,3H2. The Bertz CT molecular complexity index is 348. The highest BCUT2D eigenvalue weighted by Gasteiger charge is 2.38. The van der Waals surface area contributed by atoms with Crippen molar-refractivity contribution >= 4 is 0 Å². The van der Waals surface area contributed by atoms with Crippen molar-refractivity contribution in [2.75, 3.05) is 0 Å². The van der Waals surface area contributed by atoms with Crippen LogP contribution in [0.1, 0.15) is 17.1 Å². The molecule has 0 atom stereocenters. The Balaban J connectivity index is 3.21. The first-order valence-electron chi connectivity index (χ1n) is 3.20. The van der Waals surface area contributed by atoms with E-state index in [2.05, 4.69) is 4.42 Å². The third-order valence-corrected chi connectivity index (χ3v) is 1.32. The van der Waals surface area contributed by atoms with Gasteiger partial charge in [0.1, 0.15) is 24.0 Å². The van der Waals surface area contributed by atoms with E-state index >= 15 is 0 Å². The van der Waals surface area contributed by atoms with Crippen LogP contribution in [0, 0.1) is 11.3 Å². The van der Waals surface area contributed by atoms with Crippen molar-refractivity contribution in [2.45, 2.75) is 12.8 Å². The third kappa shape index (κ3) is 1.81. The molecule has 13 heavy (non-hydrogen) atoms. The van der Waals surface area contributed by atoms with Crippen molar-refractivity contribution in [3.8, 4) is 6.07 Å². The SMILES string of the molecule is N#Cc1cc(CO)oc1C(F)(F)F. The minimum atomic E-state index is -4.70. The maximum atomic E-state index is 12.1. The van der Waals surface area contributed by atoms with Crippen LogP contribution in [0.2, 0.25) is 0 Å². The molecule has 0 aliphatic carbocycles. The van der Waals surface area contributed by atoms with E-state index in [-0.39, 0.29) is 5.76 Å². The van der Waals surface area contributed by atoms with Crippen molar-refractivity contribution < 1.29 is 22.7 Å². The summed E-state index contributed by atoms with van der Waals surface area (Å²) >= 11 is 0. The van der Waals surface area contributed by atoms with Gasteiger partial charge in [0.05, 0.1) is 0 Å². The zero-order chi connectivity index (χ0) is 10.1. The summed E-state index contributed by atoms with van der Waals surface area (Å²) in [7, 11) is 0. The van der Waals surface area contributed by atoms with Crippen LogP contribution < -0.4 is 0 Å². The van der Waals surface area contributed by atoms with Crippen molar-refractivity contribution in [1.82, 2.24) is 0 Å². The van der Waals surface area contributed by atoms with Crippen LogP contribution in [0.15, 0.2) is 10.5 Å². The molecule has 1 aromatic rings. The summed E-state index contributed by atoms with van der Waals surface area (Å²) < 4.78 is 40.4. The molecule has 0 saturated heterocycles. The van der Waals surface area contributed by atoms with E-state index < -0.39 is 24.1 Å². The molecule has 0 aliphatic rings. The van der Waals surface area contributed by atoms with Crippen LogP contribution in [0.25, 0.3) is 0 Å². The van der Waals surface area contributed by atoms with E-state index in [0.29, 0.717) is 0 Å². The van der Waals surface area contributed by atoms with Gasteiger partial charge < -0.3 is 9.52 Å². The van der Waals surface area contributed by atoms with Crippen molar-refractivity contribution in [2.24, 2.45) is 0 Å². The van der Waals surface area contributed by atoms with E-state index in [1.165, 1.54) is 6.07 Å². The lowest BCUT2D eigenvalue weighted by Crippen LogP contribution is -2.04. The van der Waals surface area contributed by atoms with E-state index in [4.69, 9.17) is 10.4 Å². The van der Waals surface area contributed by atoms with Crippen LogP contribution >= 0.6 is 0 Å². The summed E-state index contributed by atoms with van der Waals surface area (Å²) in [5.41, 5.74) is -0.614. The second kappa shape index (κ2) is 3.11. The Labute approximate surface area is 71.0 Å². The number of halogens is 3. The number of aliphatic hydroxyl groups is 1. The predicted molar refractivity (Wildman–Crippen MR) is 34.3 cm³/mol. The third-order valence-electron chi connectivity index (χ3n) is 1.32. The molecule has 70 valence electrons.